The van der Waals surface area contributed by atoms with Gasteiger partial charge in [0.15, 0.2) is 0 Å². The molecule has 1 aromatic carbocycles. The Bertz CT molecular complexity index is 534. The molecule has 1 amide bonds. The maximum Gasteiger partial charge on any atom is 0.329 e. The lowest BCUT2D eigenvalue weighted by Crippen LogP contribution is -2.50. The first kappa shape index (κ1) is 15.8. The number of hydrogen-bond donors (Lipinski definition) is 1. The van der Waals surface area contributed by atoms with Gasteiger partial charge in [-0.3, -0.25) is 4.79 Å². The SMILES string of the molecule is COc1ccccc1C=CC(=O)N(C)C(C)(C)C(=O)O. The second-order valence-corrected chi connectivity index (χ2v) is 4.84. The van der Waals surface area contributed by atoms with E-state index >= 15 is 0 Å². The Balaban J connectivity index is 2.90. The van der Waals surface area contributed by atoms with Crippen molar-refractivity contribution in [2.75, 3.05) is 14.2 Å². The number of carbonyl (C=O) groups is 2. The number of methoxy groups -OCH3 is 1. The van der Waals surface area contributed by atoms with Crippen LogP contribution in [0.3, 0.4) is 0 Å². The van der Waals surface area contributed by atoms with Crippen molar-refractivity contribution in [2.24, 2.45) is 0 Å². The first-order chi connectivity index (χ1) is 9.30. The lowest BCUT2D eigenvalue weighted by atomic mass is 10.0. The summed E-state index contributed by atoms with van der Waals surface area (Å²) in [5.41, 5.74) is -0.507. The minimum absolute atomic E-state index is 0.386. The lowest BCUT2D eigenvalue weighted by Gasteiger charge is -2.30. The number of likely N-dealkylation sites (N-methyl/N-ethyl adjacent to an activating group) is 1. The summed E-state index contributed by atoms with van der Waals surface area (Å²) in [4.78, 5) is 24.3. The summed E-state index contributed by atoms with van der Waals surface area (Å²) >= 11 is 0. The van der Waals surface area contributed by atoms with Gasteiger partial charge >= 0.3 is 5.97 Å². The average Bonchev–Trinajstić information content (AvgIpc) is 2.43. The Hall–Kier alpha value is -2.30. The van der Waals surface area contributed by atoms with E-state index in [4.69, 9.17) is 9.84 Å². The number of para-hydroxylation sites is 1. The molecular formula is C15H19NO4. The molecule has 108 valence electrons. The molecule has 5 heteroatoms. The van der Waals surface area contributed by atoms with Crippen LogP contribution in [0.4, 0.5) is 0 Å². The first-order valence-electron chi connectivity index (χ1n) is 6.13. The summed E-state index contributed by atoms with van der Waals surface area (Å²) in [5, 5.41) is 9.09. The predicted octanol–water partition coefficient (Wildman–Crippen LogP) is 2.03. The van der Waals surface area contributed by atoms with E-state index in [1.165, 1.54) is 31.9 Å². The van der Waals surface area contributed by atoms with Crippen molar-refractivity contribution >= 4 is 18.0 Å². The van der Waals surface area contributed by atoms with Gasteiger partial charge in [0, 0.05) is 18.7 Å². The number of amides is 1. The Labute approximate surface area is 118 Å². The fourth-order valence-corrected chi connectivity index (χ4v) is 1.50. The van der Waals surface area contributed by atoms with E-state index in [-0.39, 0.29) is 5.91 Å². The van der Waals surface area contributed by atoms with E-state index in [1.807, 2.05) is 18.2 Å². The third-order valence-electron chi connectivity index (χ3n) is 3.24. The van der Waals surface area contributed by atoms with E-state index in [2.05, 4.69) is 0 Å². The Morgan fingerprint density at radius 3 is 2.45 bits per heavy atom. The molecule has 0 bridgehead atoms. The van der Waals surface area contributed by atoms with Crippen LogP contribution in [0.2, 0.25) is 0 Å². The smallest absolute Gasteiger partial charge is 0.329 e. The van der Waals surface area contributed by atoms with Crippen LogP contribution in [0.25, 0.3) is 6.08 Å². The standard InChI is InChI=1S/C15H19NO4/c1-15(2,14(18)19)16(3)13(17)10-9-11-7-5-6-8-12(11)20-4/h5-10H,1-4H3,(H,18,19). The van der Waals surface area contributed by atoms with Crippen molar-refractivity contribution in [3.8, 4) is 5.75 Å². The van der Waals surface area contributed by atoms with Gasteiger partial charge in [0.05, 0.1) is 7.11 Å². The maximum absolute atomic E-state index is 12.0. The summed E-state index contributed by atoms with van der Waals surface area (Å²) < 4.78 is 5.17. The fourth-order valence-electron chi connectivity index (χ4n) is 1.50. The third kappa shape index (κ3) is 3.38. The van der Waals surface area contributed by atoms with Crippen LogP contribution in [0.5, 0.6) is 5.75 Å². The molecule has 0 fully saturated rings. The number of carbonyl (C=O) groups excluding carboxylic acids is 1. The Morgan fingerprint density at radius 2 is 1.90 bits per heavy atom. The van der Waals surface area contributed by atoms with Gasteiger partial charge in [-0.1, -0.05) is 18.2 Å². The highest BCUT2D eigenvalue weighted by Crippen LogP contribution is 2.19. The normalized spacial score (nSPS) is 11.4. The number of carboxylic acids is 1. The van der Waals surface area contributed by atoms with Crippen LogP contribution in [0.1, 0.15) is 19.4 Å². The molecular weight excluding hydrogens is 258 g/mol. The minimum Gasteiger partial charge on any atom is -0.496 e. The van der Waals surface area contributed by atoms with Gasteiger partial charge in [-0.05, 0) is 26.0 Å². The molecule has 0 saturated carbocycles. The van der Waals surface area contributed by atoms with E-state index in [1.54, 1.807) is 19.3 Å². The first-order valence-corrected chi connectivity index (χ1v) is 6.13. The van der Waals surface area contributed by atoms with Gasteiger partial charge in [-0.15, -0.1) is 0 Å². The van der Waals surface area contributed by atoms with E-state index in [9.17, 15) is 9.59 Å². The lowest BCUT2D eigenvalue weighted by molar-refractivity contribution is -0.153. The van der Waals surface area contributed by atoms with Crippen LogP contribution in [0, 0.1) is 0 Å². The van der Waals surface area contributed by atoms with E-state index in [0.717, 1.165) is 5.56 Å². The van der Waals surface area contributed by atoms with Gasteiger partial charge in [0.25, 0.3) is 0 Å². The minimum atomic E-state index is -1.26. The molecule has 1 rings (SSSR count). The summed E-state index contributed by atoms with van der Waals surface area (Å²) in [7, 11) is 3.01. The van der Waals surface area contributed by atoms with Crippen molar-refractivity contribution in [3.63, 3.8) is 0 Å². The summed E-state index contributed by atoms with van der Waals surface area (Å²) in [6, 6.07) is 7.26. The zero-order valence-electron chi connectivity index (χ0n) is 12.1. The van der Waals surface area contributed by atoms with Crippen LogP contribution >= 0.6 is 0 Å². The molecule has 0 aliphatic rings. The molecule has 0 radical (unpaired) electrons. The number of ether oxygens (including phenoxy) is 1. The quantitative estimate of drug-likeness (QED) is 0.836. The van der Waals surface area contributed by atoms with Crippen molar-refractivity contribution in [1.29, 1.82) is 0 Å². The van der Waals surface area contributed by atoms with Crippen molar-refractivity contribution in [3.05, 3.63) is 35.9 Å². The largest absolute Gasteiger partial charge is 0.496 e. The van der Waals surface area contributed by atoms with Gasteiger partial charge in [-0.25, -0.2) is 4.79 Å². The van der Waals surface area contributed by atoms with E-state index < -0.39 is 11.5 Å². The molecule has 0 aromatic heterocycles. The molecule has 1 aromatic rings. The molecule has 0 saturated heterocycles. The second-order valence-electron chi connectivity index (χ2n) is 4.84. The molecule has 0 heterocycles. The molecule has 0 aliphatic heterocycles. The summed E-state index contributed by atoms with van der Waals surface area (Å²) in [6.07, 6.45) is 2.94. The third-order valence-corrected chi connectivity index (χ3v) is 3.24. The molecule has 0 aliphatic carbocycles. The highest BCUT2D eigenvalue weighted by atomic mass is 16.5. The summed E-state index contributed by atoms with van der Waals surface area (Å²) in [6.45, 7) is 2.95. The van der Waals surface area contributed by atoms with Crippen molar-refractivity contribution in [1.82, 2.24) is 4.90 Å². The topological polar surface area (TPSA) is 66.8 Å². The molecule has 5 nitrogen and oxygen atoms in total. The maximum atomic E-state index is 12.0. The fraction of sp³-hybridized carbons (Fsp3) is 0.333. The molecule has 20 heavy (non-hydrogen) atoms. The van der Waals surface area contributed by atoms with Crippen LogP contribution in [0.15, 0.2) is 30.3 Å². The second kappa shape index (κ2) is 6.23. The zero-order valence-corrected chi connectivity index (χ0v) is 12.1. The number of carboxylic acid groups (broad SMARTS) is 1. The molecule has 0 spiro atoms. The molecule has 1 N–H and O–H groups in total. The monoisotopic (exact) mass is 277 g/mol. The highest BCUT2D eigenvalue weighted by molar-refractivity contribution is 5.95. The van der Waals surface area contributed by atoms with Gasteiger partial charge in [0.1, 0.15) is 11.3 Å². The number of benzene rings is 1. The van der Waals surface area contributed by atoms with Gasteiger partial charge in [0.2, 0.25) is 5.91 Å². The number of rotatable bonds is 5. The van der Waals surface area contributed by atoms with Crippen molar-refractivity contribution < 1.29 is 19.4 Å². The van der Waals surface area contributed by atoms with Gasteiger partial charge < -0.3 is 14.7 Å². The number of aliphatic carboxylic acids is 1. The molecule has 0 unspecified atom stereocenters. The highest BCUT2D eigenvalue weighted by Gasteiger charge is 2.34. The Morgan fingerprint density at radius 1 is 1.30 bits per heavy atom. The number of nitrogens with zero attached hydrogens (tertiary/aromatic N) is 1. The van der Waals surface area contributed by atoms with Crippen LogP contribution in [-0.4, -0.2) is 41.6 Å². The van der Waals surface area contributed by atoms with Gasteiger partial charge in [-0.2, -0.15) is 0 Å². The number of hydrogen-bond acceptors (Lipinski definition) is 3. The molecule has 0 atom stereocenters. The average molecular weight is 277 g/mol. The van der Waals surface area contributed by atoms with Crippen molar-refractivity contribution in [2.45, 2.75) is 19.4 Å². The van der Waals surface area contributed by atoms with E-state index in [0.29, 0.717) is 5.75 Å². The Kier molecular flexibility index (Phi) is 4.91. The predicted molar refractivity (Wildman–Crippen MR) is 76.5 cm³/mol. The van der Waals surface area contributed by atoms with Crippen LogP contribution in [-0.2, 0) is 9.59 Å². The zero-order chi connectivity index (χ0) is 15.3. The summed E-state index contributed by atoms with van der Waals surface area (Å²) in [5.74, 6) is -0.793. The van der Waals surface area contributed by atoms with Crippen LogP contribution < -0.4 is 4.74 Å².